The monoisotopic (exact) mass is 578 g/mol. The van der Waals surface area contributed by atoms with E-state index in [2.05, 4.69) is 30.4 Å². The fraction of sp³-hybridized carbons (Fsp3) is 0.957. The second-order valence-corrected chi connectivity index (χ2v) is 8.88. The highest BCUT2D eigenvalue weighted by Gasteiger charge is 2.15. The lowest BCUT2D eigenvalue weighted by Crippen LogP contribution is -2.34. The largest absolute Gasteiger partial charge is 0.442 e. The van der Waals surface area contributed by atoms with Gasteiger partial charge in [0.05, 0.1) is 85.9 Å². The van der Waals surface area contributed by atoms with Gasteiger partial charge in [-0.25, -0.2) is 4.79 Å². The Balaban J connectivity index is 3.97. The first-order chi connectivity index (χ1) is 19.4. The molecule has 0 rings (SSSR count). The Labute approximate surface area is 235 Å². The molecule has 0 aliphatic rings. The van der Waals surface area contributed by atoms with Crippen LogP contribution < -0.4 is 5.48 Å². The molecule has 40 heavy (non-hydrogen) atoms. The van der Waals surface area contributed by atoms with Crippen LogP contribution in [-0.2, 0) is 38.0 Å². The Hall–Kier alpha value is -2.43. The van der Waals surface area contributed by atoms with Gasteiger partial charge >= 0.3 is 6.09 Å². The second kappa shape index (κ2) is 28.1. The van der Waals surface area contributed by atoms with Crippen molar-refractivity contribution in [1.82, 2.24) is 10.4 Å². The van der Waals surface area contributed by atoms with Gasteiger partial charge < -0.3 is 33.2 Å². The van der Waals surface area contributed by atoms with Crippen molar-refractivity contribution in [1.29, 1.82) is 0 Å². The van der Waals surface area contributed by atoms with Crippen molar-refractivity contribution in [3.05, 3.63) is 20.9 Å². The van der Waals surface area contributed by atoms with E-state index in [9.17, 15) is 4.79 Å². The number of nitrogens with zero attached hydrogens (tertiary/aromatic N) is 7. The van der Waals surface area contributed by atoms with Crippen LogP contribution in [0.2, 0.25) is 0 Å². The Bertz CT molecular complexity index is 668. The van der Waals surface area contributed by atoms with Crippen LogP contribution in [0.4, 0.5) is 4.79 Å². The first-order valence-electron chi connectivity index (χ1n) is 13.2. The molecular weight excluding hydrogens is 532 g/mol. The molecule has 0 aliphatic carbocycles. The number of hydrogen-bond donors (Lipinski definition) is 1. The first kappa shape index (κ1) is 37.6. The van der Waals surface area contributed by atoms with Crippen molar-refractivity contribution in [3.8, 4) is 0 Å². The Morgan fingerprint density at radius 1 is 0.650 bits per heavy atom. The summed E-state index contributed by atoms with van der Waals surface area (Å²) < 4.78 is 38.0. The highest BCUT2D eigenvalue weighted by atomic mass is 16.7. The number of amides is 1. The third-order valence-corrected chi connectivity index (χ3v) is 4.45. The average molecular weight is 579 g/mol. The minimum atomic E-state index is -0.651. The molecule has 0 saturated carbocycles. The zero-order valence-electron chi connectivity index (χ0n) is 24.0. The molecule has 0 radical (unpaired) electrons. The number of carbonyl (C=O) groups excluding carboxylic acids is 1. The van der Waals surface area contributed by atoms with Crippen LogP contribution in [-0.4, -0.2) is 135 Å². The van der Waals surface area contributed by atoms with Crippen LogP contribution in [0, 0.1) is 0 Å². The summed E-state index contributed by atoms with van der Waals surface area (Å²) in [7, 11) is 0. The minimum absolute atomic E-state index is 0.185. The molecule has 0 spiro atoms. The highest BCUT2D eigenvalue weighted by Crippen LogP contribution is 2.06. The van der Waals surface area contributed by atoms with Crippen LogP contribution in [0.5, 0.6) is 0 Å². The van der Waals surface area contributed by atoms with Gasteiger partial charge in [0.15, 0.2) is 0 Å². The maximum absolute atomic E-state index is 11.5. The molecule has 0 aromatic carbocycles. The van der Waals surface area contributed by atoms with E-state index in [0.717, 1.165) is 0 Å². The summed E-state index contributed by atoms with van der Waals surface area (Å²) in [6.45, 7) is 13.2. The number of rotatable bonds is 28. The van der Waals surface area contributed by atoms with Crippen molar-refractivity contribution >= 4 is 6.09 Å². The Morgan fingerprint density at radius 3 is 1.43 bits per heavy atom. The molecule has 0 aromatic heterocycles. The van der Waals surface area contributed by atoms with Gasteiger partial charge in [-0.2, -0.15) is 5.48 Å². The van der Waals surface area contributed by atoms with E-state index >= 15 is 0 Å². The molecule has 17 nitrogen and oxygen atoms in total. The molecule has 0 unspecified atom stereocenters. The van der Waals surface area contributed by atoms with E-state index in [0.29, 0.717) is 112 Å². The third kappa shape index (κ3) is 30.1. The van der Waals surface area contributed by atoms with Gasteiger partial charge in [0.2, 0.25) is 0 Å². The summed E-state index contributed by atoms with van der Waals surface area (Å²) in [5, 5.41) is 6.80. The Morgan fingerprint density at radius 2 is 1.02 bits per heavy atom. The third-order valence-electron chi connectivity index (χ3n) is 4.45. The van der Waals surface area contributed by atoms with Crippen LogP contribution in [0.15, 0.2) is 10.2 Å². The molecule has 0 bridgehead atoms. The first-order valence-corrected chi connectivity index (χ1v) is 13.2. The van der Waals surface area contributed by atoms with Crippen molar-refractivity contribution < 1.29 is 42.8 Å². The maximum Gasteiger partial charge on any atom is 0.431 e. The lowest BCUT2D eigenvalue weighted by atomic mass is 10.2. The van der Waals surface area contributed by atoms with Crippen LogP contribution >= 0.6 is 0 Å². The quantitative estimate of drug-likeness (QED) is 0.0472. The molecule has 1 amide bonds. The lowest BCUT2D eigenvalue weighted by Gasteiger charge is -2.22. The van der Waals surface area contributed by atoms with Crippen molar-refractivity contribution in [2.75, 3.05) is 119 Å². The minimum Gasteiger partial charge on any atom is -0.442 e. The van der Waals surface area contributed by atoms with Gasteiger partial charge in [-0.1, -0.05) is 10.2 Å². The van der Waals surface area contributed by atoms with E-state index in [1.54, 1.807) is 20.8 Å². The normalized spacial score (nSPS) is 11.2. The molecule has 0 saturated heterocycles. The van der Waals surface area contributed by atoms with Gasteiger partial charge in [0.25, 0.3) is 0 Å². The number of azide groups is 2. The van der Waals surface area contributed by atoms with E-state index in [-0.39, 0.29) is 6.61 Å². The van der Waals surface area contributed by atoms with Crippen LogP contribution in [0.3, 0.4) is 0 Å². The van der Waals surface area contributed by atoms with E-state index in [4.69, 9.17) is 49.1 Å². The zero-order chi connectivity index (χ0) is 29.6. The lowest BCUT2D eigenvalue weighted by molar-refractivity contribution is -0.0339. The fourth-order valence-electron chi connectivity index (χ4n) is 2.69. The highest BCUT2D eigenvalue weighted by molar-refractivity contribution is 5.66. The predicted molar refractivity (Wildman–Crippen MR) is 145 cm³/mol. The molecule has 17 heteroatoms. The molecule has 0 aromatic rings. The predicted octanol–water partition coefficient (Wildman–Crippen LogP) is 2.46. The molecule has 0 atom stereocenters. The van der Waals surface area contributed by atoms with Gasteiger partial charge in [-0.15, -0.1) is 0 Å². The van der Waals surface area contributed by atoms with Crippen molar-refractivity contribution in [2.24, 2.45) is 10.2 Å². The van der Waals surface area contributed by atoms with E-state index in [1.807, 2.05) is 0 Å². The van der Waals surface area contributed by atoms with Gasteiger partial charge in [0, 0.05) is 42.5 Å². The molecule has 1 N–H and O–H groups in total. The van der Waals surface area contributed by atoms with Crippen molar-refractivity contribution in [2.45, 2.75) is 26.4 Å². The van der Waals surface area contributed by atoms with Crippen LogP contribution in [0.1, 0.15) is 20.8 Å². The topological polar surface area (TPSA) is 204 Å². The molecule has 0 heterocycles. The average Bonchev–Trinajstić information content (AvgIpc) is 2.90. The van der Waals surface area contributed by atoms with Crippen molar-refractivity contribution in [3.63, 3.8) is 0 Å². The Kier molecular flexibility index (Phi) is 26.4. The smallest absolute Gasteiger partial charge is 0.431 e. The van der Waals surface area contributed by atoms with Gasteiger partial charge in [-0.05, 0) is 31.8 Å². The van der Waals surface area contributed by atoms with Crippen LogP contribution in [0.25, 0.3) is 20.9 Å². The second-order valence-electron chi connectivity index (χ2n) is 8.88. The van der Waals surface area contributed by atoms with Gasteiger partial charge in [-0.3, -0.25) is 9.74 Å². The number of ether oxygens (including phenoxy) is 7. The summed E-state index contributed by atoms with van der Waals surface area (Å²) in [5.74, 6) is 0. The van der Waals surface area contributed by atoms with Gasteiger partial charge in [0.1, 0.15) is 5.60 Å². The summed E-state index contributed by atoms with van der Waals surface area (Å²) >= 11 is 0. The molecule has 0 aliphatic heterocycles. The number of nitrogens with one attached hydrogen (secondary N) is 1. The summed E-state index contributed by atoms with van der Waals surface area (Å²) in [4.78, 5) is 24.0. The zero-order valence-corrected chi connectivity index (χ0v) is 24.0. The molecule has 0 fully saturated rings. The maximum atomic E-state index is 11.5. The summed E-state index contributed by atoms with van der Waals surface area (Å²) in [5.41, 5.74) is 18.1. The van der Waals surface area contributed by atoms with E-state index in [1.165, 1.54) is 0 Å². The number of carbonyl (C=O) groups is 1. The standard InChI is InChI=1S/C23H46N8O9/c1-23(2,3)40-22(32)28-39-21-20-38-19-18-37-13-8-31(6-11-35-16-14-33-9-4-26-29-24)7-12-36-17-15-34-10-5-27-30-25/h4-21H2,1-3H3,(H,28,32). The summed E-state index contributed by atoms with van der Waals surface area (Å²) in [6, 6.07) is 0. The van der Waals surface area contributed by atoms with E-state index < -0.39 is 11.7 Å². The number of hydroxylamine groups is 1. The molecule has 232 valence electrons. The summed E-state index contributed by atoms with van der Waals surface area (Å²) in [6.07, 6.45) is -0.651. The SMILES string of the molecule is CC(C)(C)OC(=O)NOCCOCCOCCN(CCOCCOCCN=[N+]=[N-])CCOCCOCCN=[N+]=[N-]. The molecular formula is C23H46N8O9. The number of hydrogen-bond acceptors (Lipinski definition) is 12. The fourth-order valence-corrected chi connectivity index (χ4v) is 2.69.